The van der Waals surface area contributed by atoms with Crippen molar-refractivity contribution < 1.29 is 14.3 Å². The quantitative estimate of drug-likeness (QED) is 0.876. The molecular weight excluding hydrogens is 299 g/mol. The van der Waals surface area contributed by atoms with Crippen LogP contribution >= 0.6 is 23.1 Å². The number of carboxylic acids is 1. The topological polar surface area (TPSA) is 74.0 Å². The van der Waals surface area contributed by atoms with E-state index in [2.05, 4.69) is 4.98 Å². The number of thioether (sulfide) groups is 1. The third kappa shape index (κ3) is 3.15. The molecule has 2 rings (SSSR count). The zero-order valence-corrected chi connectivity index (χ0v) is 12.0. The van der Waals surface area contributed by atoms with Crippen LogP contribution in [-0.2, 0) is 5.75 Å². The number of aryl methyl sites for hydroxylation is 1. The van der Waals surface area contributed by atoms with Gasteiger partial charge in [-0.2, -0.15) is 5.26 Å². The van der Waals surface area contributed by atoms with Gasteiger partial charge in [0.25, 0.3) is 0 Å². The maximum absolute atomic E-state index is 13.2. The third-order valence-corrected chi connectivity index (χ3v) is 4.84. The fourth-order valence-corrected chi connectivity index (χ4v) is 3.50. The van der Waals surface area contributed by atoms with E-state index in [0.717, 1.165) is 16.9 Å². The summed E-state index contributed by atoms with van der Waals surface area (Å²) >= 11 is 2.48. The van der Waals surface area contributed by atoms with E-state index in [1.54, 1.807) is 19.1 Å². The van der Waals surface area contributed by atoms with Crippen LogP contribution in [0.2, 0.25) is 0 Å². The minimum Gasteiger partial charge on any atom is -0.477 e. The van der Waals surface area contributed by atoms with E-state index in [1.807, 2.05) is 0 Å². The second kappa shape index (κ2) is 6.03. The molecule has 4 nitrogen and oxygen atoms in total. The van der Waals surface area contributed by atoms with Crippen LogP contribution in [0.1, 0.15) is 26.5 Å². The van der Waals surface area contributed by atoms with Crippen molar-refractivity contribution in [3.63, 3.8) is 0 Å². The number of halogens is 1. The highest BCUT2D eigenvalue weighted by molar-refractivity contribution is 8.00. The van der Waals surface area contributed by atoms with Crippen molar-refractivity contribution in [3.8, 4) is 6.07 Å². The van der Waals surface area contributed by atoms with Crippen molar-refractivity contribution in [1.82, 2.24) is 4.98 Å². The van der Waals surface area contributed by atoms with Gasteiger partial charge in [0, 0.05) is 5.75 Å². The monoisotopic (exact) mass is 308 g/mol. The number of nitrogens with zero attached hydrogens (tertiary/aromatic N) is 2. The maximum Gasteiger partial charge on any atom is 0.347 e. The number of rotatable bonds is 4. The smallest absolute Gasteiger partial charge is 0.347 e. The summed E-state index contributed by atoms with van der Waals surface area (Å²) in [5.41, 5.74) is 1.28. The van der Waals surface area contributed by atoms with Crippen LogP contribution in [0.4, 0.5) is 4.39 Å². The standard InChI is InChI=1S/C13H9FN2O2S2/c1-7-11(12(17)18)20-13(16-7)19-6-8-2-3-10(14)9(4-8)5-15/h2-4H,6H2,1H3,(H,17,18). The average molecular weight is 308 g/mol. The van der Waals surface area contributed by atoms with Crippen LogP contribution in [0.3, 0.4) is 0 Å². The first-order valence-electron chi connectivity index (χ1n) is 5.53. The van der Waals surface area contributed by atoms with Crippen molar-refractivity contribution in [2.24, 2.45) is 0 Å². The van der Waals surface area contributed by atoms with E-state index >= 15 is 0 Å². The minimum absolute atomic E-state index is 0.00430. The SMILES string of the molecule is Cc1nc(SCc2ccc(F)c(C#N)c2)sc1C(=O)O. The molecule has 7 heteroatoms. The van der Waals surface area contributed by atoms with Gasteiger partial charge in [-0.05, 0) is 24.6 Å². The second-order valence-electron chi connectivity index (χ2n) is 3.91. The first-order chi connectivity index (χ1) is 9.51. The first-order valence-corrected chi connectivity index (χ1v) is 7.33. The zero-order chi connectivity index (χ0) is 14.7. The minimum atomic E-state index is -0.986. The number of aromatic carboxylic acids is 1. The van der Waals surface area contributed by atoms with Gasteiger partial charge in [0.05, 0.1) is 11.3 Å². The van der Waals surface area contributed by atoms with Crippen LogP contribution in [0.25, 0.3) is 0 Å². The number of benzene rings is 1. The Labute approximate surface area is 122 Å². The van der Waals surface area contributed by atoms with Crippen molar-refractivity contribution in [2.45, 2.75) is 17.0 Å². The number of carbonyl (C=O) groups is 1. The lowest BCUT2D eigenvalue weighted by Gasteiger charge is -2.00. The van der Waals surface area contributed by atoms with Gasteiger partial charge in [-0.3, -0.25) is 0 Å². The molecule has 0 unspecified atom stereocenters. The highest BCUT2D eigenvalue weighted by Crippen LogP contribution is 2.30. The lowest BCUT2D eigenvalue weighted by atomic mass is 10.1. The molecule has 0 aliphatic carbocycles. The maximum atomic E-state index is 13.2. The van der Waals surface area contributed by atoms with E-state index in [4.69, 9.17) is 10.4 Å². The zero-order valence-electron chi connectivity index (χ0n) is 10.4. The Morgan fingerprint density at radius 3 is 2.95 bits per heavy atom. The molecule has 2 aromatic rings. The molecule has 0 spiro atoms. The Hall–Kier alpha value is -1.91. The molecule has 1 N–H and O–H groups in total. The summed E-state index contributed by atoms with van der Waals surface area (Å²) in [5, 5.41) is 17.7. The van der Waals surface area contributed by atoms with Gasteiger partial charge in [0.1, 0.15) is 16.8 Å². The van der Waals surface area contributed by atoms with Crippen LogP contribution in [0.15, 0.2) is 22.5 Å². The normalized spacial score (nSPS) is 10.2. The predicted molar refractivity (Wildman–Crippen MR) is 74.5 cm³/mol. The number of hydrogen-bond acceptors (Lipinski definition) is 5. The molecule has 0 amide bonds. The number of hydrogen-bond donors (Lipinski definition) is 1. The summed E-state index contributed by atoms with van der Waals surface area (Å²) in [6, 6.07) is 6.13. The lowest BCUT2D eigenvalue weighted by Crippen LogP contribution is -1.94. The molecule has 102 valence electrons. The summed E-state index contributed by atoms with van der Waals surface area (Å²) in [6.45, 7) is 1.65. The Balaban J connectivity index is 2.11. The van der Waals surface area contributed by atoms with Crippen molar-refractivity contribution in [1.29, 1.82) is 5.26 Å². The number of nitriles is 1. The van der Waals surface area contributed by atoms with E-state index < -0.39 is 11.8 Å². The van der Waals surface area contributed by atoms with E-state index in [-0.39, 0.29) is 10.4 Å². The fourth-order valence-electron chi connectivity index (χ4n) is 1.52. The van der Waals surface area contributed by atoms with Crippen LogP contribution < -0.4 is 0 Å². The summed E-state index contributed by atoms with van der Waals surface area (Å²) in [6.07, 6.45) is 0. The second-order valence-corrected chi connectivity index (χ2v) is 6.14. The molecule has 0 aliphatic rings. The Bertz CT molecular complexity index is 707. The van der Waals surface area contributed by atoms with Gasteiger partial charge < -0.3 is 5.11 Å². The molecule has 0 bridgehead atoms. The van der Waals surface area contributed by atoms with Crippen molar-refractivity contribution in [2.75, 3.05) is 0 Å². The molecule has 0 saturated carbocycles. The van der Waals surface area contributed by atoms with Crippen molar-refractivity contribution >= 4 is 29.1 Å². The molecule has 0 radical (unpaired) electrons. The van der Waals surface area contributed by atoms with Gasteiger partial charge in [0.15, 0.2) is 4.34 Å². The highest BCUT2D eigenvalue weighted by Gasteiger charge is 2.14. The lowest BCUT2D eigenvalue weighted by molar-refractivity contribution is 0.0701. The molecule has 1 aromatic heterocycles. The van der Waals surface area contributed by atoms with Crippen LogP contribution in [0, 0.1) is 24.1 Å². The van der Waals surface area contributed by atoms with E-state index in [9.17, 15) is 9.18 Å². The van der Waals surface area contributed by atoms with Gasteiger partial charge in [-0.15, -0.1) is 11.3 Å². The predicted octanol–water partition coefficient (Wildman–Crippen LogP) is 3.45. The van der Waals surface area contributed by atoms with Gasteiger partial charge >= 0.3 is 5.97 Å². The number of carboxylic acid groups (broad SMARTS) is 1. The van der Waals surface area contributed by atoms with Gasteiger partial charge in [0.2, 0.25) is 0 Å². The van der Waals surface area contributed by atoms with E-state index in [1.165, 1.54) is 23.9 Å². The summed E-state index contributed by atoms with van der Waals surface area (Å²) in [7, 11) is 0. The molecule has 1 heterocycles. The molecular formula is C13H9FN2O2S2. The van der Waals surface area contributed by atoms with E-state index in [0.29, 0.717) is 15.8 Å². The fraction of sp³-hybridized carbons (Fsp3) is 0.154. The molecule has 1 aromatic carbocycles. The van der Waals surface area contributed by atoms with Crippen LogP contribution in [0.5, 0.6) is 0 Å². The molecule has 0 atom stereocenters. The van der Waals surface area contributed by atoms with Gasteiger partial charge in [-0.25, -0.2) is 14.2 Å². The average Bonchev–Trinajstić information content (AvgIpc) is 2.79. The van der Waals surface area contributed by atoms with Crippen molar-refractivity contribution in [3.05, 3.63) is 45.7 Å². The molecule has 0 saturated heterocycles. The Morgan fingerprint density at radius 1 is 1.60 bits per heavy atom. The summed E-state index contributed by atoms with van der Waals surface area (Å²) in [4.78, 5) is 15.3. The number of thiazole rings is 1. The Morgan fingerprint density at radius 2 is 2.35 bits per heavy atom. The summed E-state index contributed by atoms with van der Waals surface area (Å²) < 4.78 is 13.8. The van der Waals surface area contributed by atoms with Gasteiger partial charge in [-0.1, -0.05) is 17.8 Å². The molecule has 0 fully saturated rings. The highest BCUT2D eigenvalue weighted by atomic mass is 32.2. The first kappa shape index (κ1) is 14.5. The Kier molecular flexibility index (Phi) is 4.37. The summed E-state index contributed by atoms with van der Waals surface area (Å²) in [5.74, 6) is -1.03. The van der Waals surface area contributed by atoms with Crippen LogP contribution in [-0.4, -0.2) is 16.1 Å². The third-order valence-electron chi connectivity index (χ3n) is 2.48. The number of aromatic nitrogens is 1. The molecule has 0 aliphatic heterocycles. The molecule has 20 heavy (non-hydrogen) atoms. The largest absolute Gasteiger partial charge is 0.477 e.